The summed E-state index contributed by atoms with van der Waals surface area (Å²) in [5.74, 6) is -0.584. The summed E-state index contributed by atoms with van der Waals surface area (Å²) in [6.07, 6.45) is 7.97. The van der Waals surface area contributed by atoms with E-state index >= 15 is 0 Å². The van der Waals surface area contributed by atoms with Crippen molar-refractivity contribution < 1.29 is 18.8 Å². The number of likely N-dealkylation sites (tertiary alicyclic amines) is 1. The van der Waals surface area contributed by atoms with E-state index in [0.717, 1.165) is 62.0 Å². The van der Waals surface area contributed by atoms with E-state index in [1.165, 1.54) is 18.9 Å². The van der Waals surface area contributed by atoms with E-state index in [4.69, 9.17) is 16.0 Å². The highest BCUT2D eigenvalue weighted by Crippen LogP contribution is 2.35. The molecule has 4 aromatic rings. The number of carbonyl (C=O) groups is 3. The topological polar surface area (TPSA) is 103 Å². The predicted octanol–water partition coefficient (Wildman–Crippen LogP) is 7.06. The Morgan fingerprint density at radius 3 is 2.37 bits per heavy atom. The van der Waals surface area contributed by atoms with Gasteiger partial charge in [-0.15, -0.1) is 0 Å². The molecule has 1 N–H and O–H groups in total. The maximum absolute atomic E-state index is 14.2. The van der Waals surface area contributed by atoms with Gasteiger partial charge in [-0.2, -0.15) is 0 Å². The number of benzene rings is 3. The molecule has 3 aromatic carbocycles. The number of hydrogen-bond acceptors (Lipinski definition) is 6. The largest absolute Gasteiger partial charge is 0.451 e. The number of anilines is 1. The van der Waals surface area contributed by atoms with Crippen molar-refractivity contribution in [2.75, 3.05) is 44.7 Å². The molecular formula is C41H47ClN4O5. The molecule has 51 heavy (non-hydrogen) atoms. The molecule has 9 nitrogen and oxygen atoms in total. The average molecular weight is 711 g/mol. The number of piperidine rings is 1. The fourth-order valence-corrected chi connectivity index (χ4v) is 7.50. The number of para-hydroxylation sites is 1. The quantitative estimate of drug-likeness (QED) is 0.169. The van der Waals surface area contributed by atoms with Crippen molar-refractivity contribution >= 4 is 46.0 Å². The fourth-order valence-electron chi connectivity index (χ4n) is 7.37. The van der Waals surface area contributed by atoms with E-state index in [1.807, 2.05) is 72.3 Å². The van der Waals surface area contributed by atoms with Gasteiger partial charge in [-0.3, -0.25) is 19.2 Å². The van der Waals surface area contributed by atoms with Gasteiger partial charge in [0.15, 0.2) is 11.2 Å². The van der Waals surface area contributed by atoms with E-state index in [2.05, 4.69) is 5.32 Å². The Morgan fingerprint density at radius 2 is 1.65 bits per heavy atom. The number of nitrogens with one attached hydrogen (secondary N) is 1. The second kappa shape index (κ2) is 16.6. The molecule has 1 saturated heterocycles. The van der Waals surface area contributed by atoms with E-state index < -0.39 is 11.9 Å². The molecule has 2 aliphatic rings. The number of halogens is 1. The lowest BCUT2D eigenvalue weighted by atomic mass is 9.96. The molecule has 10 heteroatoms. The van der Waals surface area contributed by atoms with Crippen LogP contribution in [0, 0.1) is 0 Å². The first-order chi connectivity index (χ1) is 24.7. The number of amides is 3. The molecule has 3 amide bonds. The molecule has 6 rings (SSSR count). The molecule has 1 atom stereocenters. The van der Waals surface area contributed by atoms with Gasteiger partial charge in [-0.1, -0.05) is 54.8 Å². The zero-order chi connectivity index (χ0) is 35.9. The minimum absolute atomic E-state index is 0.0286. The van der Waals surface area contributed by atoms with Gasteiger partial charge in [0.25, 0.3) is 11.8 Å². The summed E-state index contributed by atoms with van der Waals surface area (Å²) >= 11 is 6.14. The van der Waals surface area contributed by atoms with Crippen LogP contribution in [-0.2, 0) is 11.2 Å². The summed E-state index contributed by atoms with van der Waals surface area (Å²) in [5.41, 5.74) is 3.45. The summed E-state index contributed by atoms with van der Waals surface area (Å²) in [6, 6.07) is 20.7. The van der Waals surface area contributed by atoms with Gasteiger partial charge in [-0.25, -0.2) is 0 Å². The highest BCUT2D eigenvalue weighted by molar-refractivity contribution is 6.30. The van der Waals surface area contributed by atoms with Crippen molar-refractivity contribution in [2.24, 2.45) is 0 Å². The minimum Gasteiger partial charge on any atom is -0.451 e. The van der Waals surface area contributed by atoms with Crippen molar-refractivity contribution in [3.8, 4) is 0 Å². The zero-order valence-electron chi connectivity index (χ0n) is 29.5. The van der Waals surface area contributed by atoms with Gasteiger partial charge in [-0.05, 0) is 92.5 Å². The number of hydrogen-bond donors (Lipinski definition) is 1. The Balaban J connectivity index is 1.19. The van der Waals surface area contributed by atoms with Gasteiger partial charge in [0, 0.05) is 63.0 Å². The van der Waals surface area contributed by atoms with Crippen molar-refractivity contribution in [3.05, 3.63) is 110 Å². The van der Waals surface area contributed by atoms with Crippen LogP contribution in [0.5, 0.6) is 0 Å². The SMILES string of the molecule is CCN(CCN(C)c1ccccc1C(=O)N1CCCCC1)C(=O)[C@@H](Cc1ccc(Cl)cc1)NC(=O)c1cc(=O)c2cc(C3CCCC3)ccc2o1. The number of likely N-dealkylation sites (N-methyl/N-ethyl adjacent to an activating group) is 2. The van der Waals surface area contributed by atoms with Crippen molar-refractivity contribution in [2.45, 2.75) is 70.3 Å². The second-order valence-corrected chi connectivity index (χ2v) is 14.2. The van der Waals surface area contributed by atoms with Crippen molar-refractivity contribution in [3.63, 3.8) is 0 Å². The Labute approximate surface area is 304 Å². The first-order valence-electron chi connectivity index (χ1n) is 18.2. The molecule has 0 bridgehead atoms. The van der Waals surface area contributed by atoms with Crippen LogP contribution in [-0.4, -0.2) is 73.3 Å². The van der Waals surface area contributed by atoms with Crippen LogP contribution in [0.3, 0.4) is 0 Å². The summed E-state index contributed by atoms with van der Waals surface area (Å²) < 4.78 is 5.97. The van der Waals surface area contributed by atoms with E-state index in [-0.39, 0.29) is 29.4 Å². The number of rotatable bonds is 12. The molecule has 1 aromatic heterocycles. The third-order valence-corrected chi connectivity index (χ3v) is 10.6. The highest BCUT2D eigenvalue weighted by atomic mass is 35.5. The van der Waals surface area contributed by atoms with E-state index in [9.17, 15) is 19.2 Å². The number of fused-ring (bicyclic) bond motifs is 1. The summed E-state index contributed by atoms with van der Waals surface area (Å²) in [6.45, 7) is 4.66. The van der Waals surface area contributed by atoms with Gasteiger partial charge in [0.2, 0.25) is 5.91 Å². The molecule has 2 heterocycles. The lowest BCUT2D eigenvalue weighted by Crippen LogP contribution is -2.51. The fraction of sp³-hybridized carbons (Fsp3) is 0.415. The van der Waals surface area contributed by atoms with Crippen LogP contribution in [0.4, 0.5) is 5.69 Å². The molecule has 1 saturated carbocycles. The van der Waals surface area contributed by atoms with Gasteiger partial charge < -0.3 is 24.4 Å². The van der Waals surface area contributed by atoms with Crippen molar-refractivity contribution in [1.82, 2.24) is 15.1 Å². The Bertz CT molecular complexity index is 1910. The predicted molar refractivity (Wildman–Crippen MR) is 202 cm³/mol. The van der Waals surface area contributed by atoms with E-state index in [1.54, 1.807) is 23.1 Å². The van der Waals surface area contributed by atoms with Crippen LogP contribution in [0.2, 0.25) is 5.02 Å². The molecule has 0 spiro atoms. The second-order valence-electron chi connectivity index (χ2n) is 13.8. The Hall–Kier alpha value is -4.63. The van der Waals surface area contributed by atoms with Crippen molar-refractivity contribution in [1.29, 1.82) is 0 Å². The molecule has 268 valence electrons. The molecule has 0 unspecified atom stereocenters. The smallest absolute Gasteiger partial charge is 0.287 e. The van der Waals surface area contributed by atoms with Crippen LogP contribution in [0.25, 0.3) is 11.0 Å². The molecule has 2 fully saturated rings. The maximum Gasteiger partial charge on any atom is 0.287 e. The van der Waals surface area contributed by atoms with Crippen LogP contribution < -0.4 is 15.6 Å². The highest BCUT2D eigenvalue weighted by Gasteiger charge is 2.28. The summed E-state index contributed by atoms with van der Waals surface area (Å²) in [7, 11) is 1.92. The minimum atomic E-state index is -0.942. The summed E-state index contributed by atoms with van der Waals surface area (Å²) in [5, 5.41) is 3.90. The average Bonchev–Trinajstić information content (AvgIpc) is 3.71. The zero-order valence-corrected chi connectivity index (χ0v) is 30.3. The van der Waals surface area contributed by atoms with E-state index in [0.29, 0.717) is 47.1 Å². The standard InChI is InChI=1S/C41H47ClN4O5/c1-3-45(24-23-44(2)35-14-8-7-13-32(35)40(49)46-21-9-4-10-22-46)41(50)34(25-28-15-18-31(42)19-16-28)43-39(48)38-27-36(47)33-26-30(17-20-37(33)51-38)29-11-5-6-12-29/h7-8,13-20,26-27,29,34H,3-6,9-12,21-25H2,1-2H3,(H,43,48)/t34-/m1/s1. The lowest BCUT2D eigenvalue weighted by molar-refractivity contribution is -0.133. The monoisotopic (exact) mass is 710 g/mol. The normalized spacial score (nSPS) is 15.5. The molecular weight excluding hydrogens is 664 g/mol. The van der Waals surface area contributed by atoms with Crippen LogP contribution in [0.1, 0.15) is 89.8 Å². The van der Waals surface area contributed by atoms with Crippen LogP contribution in [0.15, 0.2) is 82.0 Å². The first-order valence-corrected chi connectivity index (χ1v) is 18.6. The Morgan fingerprint density at radius 1 is 0.922 bits per heavy atom. The van der Waals surface area contributed by atoms with Gasteiger partial charge >= 0.3 is 0 Å². The van der Waals surface area contributed by atoms with Gasteiger partial charge in [0.05, 0.1) is 10.9 Å². The molecule has 0 radical (unpaired) electrons. The third-order valence-electron chi connectivity index (χ3n) is 10.3. The molecule has 1 aliphatic heterocycles. The lowest BCUT2D eigenvalue weighted by Gasteiger charge is -2.31. The molecule has 1 aliphatic carbocycles. The number of carbonyl (C=O) groups excluding carboxylic acids is 3. The Kier molecular flexibility index (Phi) is 11.8. The third kappa shape index (κ3) is 8.64. The van der Waals surface area contributed by atoms with Crippen LogP contribution >= 0.6 is 11.6 Å². The maximum atomic E-state index is 14.2. The number of nitrogens with zero attached hydrogens (tertiary/aromatic N) is 3. The first kappa shape index (κ1) is 36.2. The van der Waals surface area contributed by atoms with Gasteiger partial charge in [0.1, 0.15) is 11.6 Å². The summed E-state index contributed by atoms with van der Waals surface area (Å²) in [4.78, 5) is 60.2.